The monoisotopic (exact) mass is 270 g/mol. The topological polar surface area (TPSA) is 50.8 Å². The van der Waals surface area contributed by atoms with E-state index in [0.29, 0.717) is 19.2 Å². The van der Waals surface area contributed by atoms with Crippen molar-refractivity contribution in [1.82, 2.24) is 10.2 Å². The lowest BCUT2D eigenvalue weighted by atomic mass is 10.1. The lowest BCUT2D eigenvalue weighted by molar-refractivity contribution is -0.143. The van der Waals surface area contributed by atoms with Crippen LogP contribution >= 0.6 is 0 Å². The van der Waals surface area contributed by atoms with Crippen molar-refractivity contribution in [2.24, 2.45) is 0 Å². The SMILES string of the molecule is COCCN(CC1CCCN1)C(=O)C1CCC(C)O1. The van der Waals surface area contributed by atoms with Gasteiger partial charge in [-0.15, -0.1) is 0 Å². The molecule has 3 atom stereocenters. The maximum absolute atomic E-state index is 12.5. The molecule has 110 valence electrons. The van der Waals surface area contributed by atoms with Crippen molar-refractivity contribution < 1.29 is 14.3 Å². The summed E-state index contributed by atoms with van der Waals surface area (Å²) >= 11 is 0. The molecule has 3 unspecified atom stereocenters. The van der Waals surface area contributed by atoms with Crippen molar-refractivity contribution in [3.63, 3.8) is 0 Å². The molecule has 0 bridgehead atoms. The first-order chi connectivity index (χ1) is 9.20. The van der Waals surface area contributed by atoms with Gasteiger partial charge in [0.2, 0.25) is 0 Å². The van der Waals surface area contributed by atoms with Crippen molar-refractivity contribution in [2.45, 2.75) is 50.9 Å². The molecule has 2 heterocycles. The molecular formula is C14H26N2O3. The Bertz CT molecular complexity index is 292. The number of nitrogens with zero attached hydrogens (tertiary/aromatic N) is 1. The highest BCUT2D eigenvalue weighted by atomic mass is 16.5. The Kier molecular flexibility index (Phi) is 5.60. The van der Waals surface area contributed by atoms with Crippen LogP contribution in [0.5, 0.6) is 0 Å². The second kappa shape index (κ2) is 7.22. The number of methoxy groups -OCH3 is 1. The molecule has 5 heteroatoms. The summed E-state index contributed by atoms with van der Waals surface area (Å²) in [6, 6.07) is 0.430. The number of hydrogen-bond donors (Lipinski definition) is 1. The van der Waals surface area contributed by atoms with E-state index in [1.54, 1.807) is 7.11 Å². The van der Waals surface area contributed by atoms with E-state index >= 15 is 0 Å². The zero-order valence-corrected chi connectivity index (χ0v) is 12.1. The molecule has 0 radical (unpaired) electrons. The molecule has 2 aliphatic heterocycles. The maximum Gasteiger partial charge on any atom is 0.251 e. The molecule has 1 amide bonds. The molecule has 0 saturated carbocycles. The van der Waals surface area contributed by atoms with Gasteiger partial charge in [-0.25, -0.2) is 0 Å². The molecule has 2 saturated heterocycles. The third kappa shape index (κ3) is 4.16. The van der Waals surface area contributed by atoms with Crippen LogP contribution in [0.1, 0.15) is 32.6 Å². The van der Waals surface area contributed by atoms with Crippen LogP contribution in [0.15, 0.2) is 0 Å². The number of amides is 1. The Morgan fingerprint density at radius 3 is 2.84 bits per heavy atom. The van der Waals surface area contributed by atoms with Crippen molar-refractivity contribution >= 4 is 5.91 Å². The van der Waals surface area contributed by atoms with E-state index in [2.05, 4.69) is 5.32 Å². The van der Waals surface area contributed by atoms with Crippen LogP contribution in [0.4, 0.5) is 0 Å². The van der Waals surface area contributed by atoms with Crippen LogP contribution in [0.25, 0.3) is 0 Å². The lowest BCUT2D eigenvalue weighted by Gasteiger charge is -2.28. The van der Waals surface area contributed by atoms with Gasteiger partial charge in [-0.2, -0.15) is 0 Å². The zero-order chi connectivity index (χ0) is 13.7. The largest absolute Gasteiger partial charge is 0.383 e. The van der Waals surface area contributed by atoms with Gasteiger partial charge < -0.3 is 19.7 Å². The molecule has 19 heavy (non-hydrogen) atoms. The molecule has 2 rings (SSSR count). The summed E-state index contributed by atoms with van der Waals surface area (Å²) < 4.78 is 10.8. The number of carbonyl (C=O) groups excluding carboxylic acids is 1. The van der Waals surface area contributed by atoms with Gasteiger partial charge in [-0.3, -0.25) is 4.79 Å². The van der Waals surface area contributed by atoms with E-state index in [1.165, 1.54) is 6.42 Å². The second-order valence-corrected chi connectivity index (χ2v) is 5.58. The maximum atomic E-state index is 12.5. The number of carbonyl (C=O) groups is 1. The normalized spacial score (nSPS) is 30.7. The number of nitrogens with one attached hydrogen (secondary N) is 1. The summed E-state index contributed by atoms with van der Waals surface area (Å²) in [5, 5.41) is 3.44. The minimum Gasteiger partial charge on any atom is -0.383 e. The standard InChI is InChI=1S/C14H26N2O3/c1-11-5-6-13(19-11)14(17)16(8-9-18-2)10-12-4-3-7-15-12/h11-13,15H,3-10H2,1-2H3. The van der Waals surface area contributed by atoms with Crippen LogP contribution in [-0.4, -0.2) is 62.4 Å². The van der Waals surface area contributed by atoms with Crippen molar-refractivity contribution in [2.75, 3.05) is 33.4 Å². The molecule has 0 aromatic heterocycles. The Labute approximate surface area is 115 Å². The van der Waals surface area contributed by atoms with Crippen molar-refractivity contribution in [1.29, 1.82) is 0 Å². The molecule has 0 spiro atoms. The van der Waals surface area contributed by atoms with Crippen molar-refractivity contribution in [3.05, 3.63) is 0 Å². The quantitative estimate of drug-likeness (QED) is 0.775. The van der Waals surface area contributed by atoms with Gasteiger partial charge >= 0.3 is 0 Å². The highest BCUT2D eigenvalue weighted by Crippen LogP contribution is 2.21. The average molecular weight is 270 g/mol. The van der Waals surface area contributed by atoms with E-state index in [4.69, 9.17) is 9.47 Å². The van der Waals surface area contributed by atoms with Crippen LogP contribution in [0, 0.1) is 0 Å². The Morgan fingerprint density at radius 1 is 1.42 bits per heavy atom. The first-order valence-corrected chi connectivity index (χ1v) is 7.37. The minimum absolute atomic E-state index is 0.134. The third-order valence-electron chi connectivity index (χ3n) is 3.99. The third-order valence-corrected chi connectivity index (χ3v) is 3.99. The van der Waals surface area contributed by atoms with Crippen LogP contribution < -0.4 is 5.32 Å². The van der Waals surface area contributed by atoms with Gasteiger partial charge in [-0.1, -0.05) is 0 Å². The lowest BCUT2D eigenvalue weighted by Crippen LogP contribution is -2.46. The minimum atomic E-state index is -0.242. The fourth-order valence-electron chi connectivity index (χ4n) is 2.86. The molecule has 0 aromatic carbocycles. The first-order valence-electron chi connectivity index (χ1n) is 7.37. The van der Waals surface area contributed by atoms with E-state index in [0.717, 1.165) is 32.4 Å². The summed E-state index contributed by atoms with van der Waals surface area (Å²) in [6.45, 7) is 5.11. The predicted molar refractivity (Wildman–Crippen MR) is 73.0 cm³/mol. The molecule has 2 fully saturated rings. The Balaban J connectivity index is 1.89. The van der Waals surface area contributed by atoms with E-state index < -0.39 is 0 Å². The zero-order valence-electron chi connectivity index (χ0n) is 12.1. The summed E-state index contributed by atoms with van der Waals surface area (Å²) in [5.41, 5.74) is 0. The van der Waals surface area contributed by atoms with E-state index in [-0.39, 0.29) is 18.1 Å². The molecule has 0 aromatic rings. The van der Waals surface area contributed by atoms with Gasteiger partial charge in [0.15, 0.2) is 0 Å². The Morgan fingerprint density at radius 2 is 2.26 bits per heavy atom. The molecule has 1 N–H and O–H groups in total. The van der Waals surface area contributed by atoms with Crippen LogP contribution in [0.3, 0.4) is 0 Å². The van der Waals surface area contributed by atoms with Crippen molar-refractivity contribution in [3.8, 4) is 0 Å². The summed E-state index contributed by atoms with van der Waals surface area (Å²) in [7, 11) is 1.67. The number of rotatable bonds is 6. The number of ether oxygens (including phenoxy) is 2. The molecule has 2 aliphatic rings. The Hall–Kier alpha value is -0.650. The van der Waals surface area contributed by atoms with E-state index in [9.17, 15) is 4.79 Å². The summed E-state index contributed by atoms with van der Waals surface area (Å²) in [6.07, 6.45) is 4.15. The molecular weight excluding hydrogens is 244 g/mol. The van der Waals surface area contributed by atoms with Gasteiger partial charge in [-0.05, 0) is 39.2 Å². The average Bonchev–Trinajstić information content (AvgIpc) is 3.05. The van der Waals surface area contributed by atoms with Gasteiger partial charge in [0.25, 0.3) is 5.91 Å². The predicted octanol–water partition coefficient (Wildman–Crippen LogP) is 0.781. The van der Waals surface area contributed by atoms with Crippen LogP contribution in [-0.2, 0) is 14.3 Å². The summed E-state index contributed by atoms with van der Waals surface area (Å²) in [4.78, 5) is 14.4. The summed E-state index contributed by atoms with van der Waals surface area (Å²) in [5.74, 6) is 0.134. The smallest absolute Gasteiger partial charge is 0.251 e. The molecule has 0 aliphatic carbocycles. The van der Waals surface area contributed by atoms with Gasteiger partial charge in [0, 0.05) is 26.2 Å². The highest BCUT2D eigenvalue weighted by molar-refractivity contribution is 5.81. The van der Waals surface area contributed by atoms with Crippen LogP contribution in [0.2, 0.25) is 0 Å². The molecule has 5 nitrogen and oxygen atoms in total. The number of hydrogen-bond acceptors (Lipinski definition) is 4. The van der Waals surface area contributed by atoms with Gasteiger partial charge in [0.05, 0.1) is 12.7 Å². The highest BCUT2D eigenvalue weighted by Gasteiger charge is 2.32. The second-order valence-electron chi connectivity index (χ2n) is 5.58. The first kappa shape index (κ1) is 14.8. The fraction of sp³-hybridized carbons (Fsp3) is 0.929. The fourth-order valence-corrected chi connectivity index (χ4v) is 2.86. The van der Waals surface area contributed by atoms with E-state index in [1.807, 2.05) is 11.8 Å². The van der Waals surface area contributed by atoms with Gasteiger partial charge in [0.1, 0.15) is 6.10 Å².